The fourth-order valence-electron chi connectivity index (χ4n) is 3.43. The van der Waals surface area contributed by atoms with E-state index in [2.05, 4.69) is 22.1 Å². The first-order chi connectivity index (χ1) is 13.7. The third kappa shape index (κ3) is 2.98. The molecular formula is C23H15ClN2O2. The normalized spacial score (nSPS) is 11.3. The molecule has 1 N–H and O–H groups in total. The average Bonchev–Trinajstić information content (AvgIpc) is 3.13. The number of benzene rings is 3. The van der Waals surface area contributed by atoms with Gasteiger partial charge in [0.2, 0.25) is 0 Å². The number of aromatic amines is 1. The molecule has 0 aliphatic carbocycles. The highest BCUT2D eigenvalue weighted by Crippen LogP contribution is 2.28. The zero-order valence-corrected chi connectivity index (χ0v) is 15.5. The summed E-state index contributed by atoms with van der Waals surface area (Å²) in [6, 6.07) is 23.4. The molecule has 5 rings (SSSR count). The number of halogens is 1. The lowest BCUT2D eigenvalue weighted by Crippen LogP contribution is -2.04. The number of hydrogen-bond acceptors (Lipinski definition) is 3. The molecule has 0 unspecified atom stereocenters. The topological polar surface area (TPSA) is 58.9 Å². The maximum absolute atomic E-state index is 12.6. The maximum Gasteiger partial charge on any atom is 0.347 e. The summed E-state index contributed by atoms with van der Waals surface area (Å²) in [5.74, 6) is 0.487. The number of nitrogens with one attached hydrogen (secondary N) is 1. The summed E-state index contributed by atoms with van der Waals surface area (Å²) >= 11 is 6.41. The fraction of sp³-hybridized carbons (Fsp3) is 0.0435. The fourth-order valence-corrected chi connectivity index (χ4v) is 3.72. The molecule has 0 radical (unpaired) electrons. The van der Waals surface area contributed by atoms with Gasteiger partial charge in [0.05, 0.1) is 16.1 Å². The zero-order valence-electron chi connectivity index (χ0n) is 14.8. The number of para-hydroxylation sites is 2. The molecule has 0 amide bonds. The van der Waals surface area contributed by atoms with Gasteiger partial charge in [-0.05, 0) is 47.9 Å². The Morgan fingerprint density at radius 3 is 2.54 bits per heavy atom. The molecule has 28 heavy (non-hydrogen) atoms. The van der Waals surface area contributed by atoms with Crippen molar-refractivity contribution in [2.75, 3.05) is 0 Å². The van der Waals surface area contributed by atoms with Gasteiger partial charge >= 0.3 is 5.63 Å². The Hall–Kier alpha value is -3.37. The van der Waals surface area contributed by atoms with Crippen LogP contribution in [0.2, 0.25) is 5.02 Å². The minimum Gasteiger partial charge on any atom is -0.421 e. The van der Waals surface area contributed by atoms with Crippen molar-refractivity contribution in [2.24, 2.45) is 0 Å². The van der Waals surface area contributed by atoms with Gasteiger partial charge in [-0.2, -0.15) is 0 Å². The van der Waals surface area contributed by atoms with Crippen molar-refractivity contribution < 1.29 is 4.42 Å². The largest absolute Gasteiger partial charge is 0.421 e. The number of fused-ring (bicyclic) bond motifs is 2. The van der Waals surface area contributed by atoms with Crippen molar-refractivity contribution in [3.63, 3.8) is 0 Å². The molecule has 0 atom stereocenters. The quantitative estimate of drug-likeness (QED) is 0.412. The van der Waals surface area contributed by atoms with Crippen LogP contribution in [0.1, 0.15) is 11.1 Å². The van der Waals surface area contributed by atoms with Crippen LogP contribution in [0.3, 0.4) is 0 Å². The molecule has 0 bridgehead atoms. The summed E-state index contributed by atoms with van der Waals surface area (Å²) in [7, 11) is 0. The highest BCUT2D eigenvalue weighted by atomic mass is 35.5. The van der Waals surface area contributed by atoms with Crippen LogP contribution in [0.5, 0.6) is 0 Å². The number of nitrogens with zero attached hydrogens (tertiary/aromatic N) is 1. The Labute approximate surface area is 165 Å². The van der Waals surface area contributed by atoms with Gasteiger partial charge in [0, 0.05) is 5.39 Å². The minimum absolute atomic E-state index is 0.386. The predicted octanol–water partition coefficient (Wildman–Crippen LogP) is 5.58. The van der Waals surface area contributed by atoms with Crippen molar-refractivity contribution in [3.05, 3.63) is 99.4 Å². The molecule has 0 spiro atoms. The van der Waals surface area contributed by atoms with Crippen LogP contribution in [-0.4, -0.2) is 9.97 Å². The Bertz CT molecular complexity index is 1340. The standard InChI is InChI=1S/C23H15ClN2O2/c24-18-12-15(10-14-6-2-1-3-7-14)11-16-13-17(23(27)28-21(16)18)22-25-19-8-4-5-9-20(19)26-22/h1-9,11-13H,10H2,(H,25,26). The second-order valence-corrected chi connectivity index (χ2v) is 7.12. The molecule has 2 aromatic heterocycles. The van der Waals surface area contributed by atoms with Gasteiger partial charge in [-0.15, -0.1) is 0 Å². The van der Waals surface area contributed by atoms with Crippen LogP contribution in [0.4, 0.5) is 0 Å². The van der Waals surface area contributed by atoms with E-state index in [4.69, 9.17) is 16.0 Å². The summed E-state index contributed by atoms with van der Waals surface area (Å²) in [5.41, 5.74) is 4.21. The van der Waals surface area contributed by atoms with E-state index in [-0.39, 0.29) is 0 Å². The molecule has 5 heteroatoms. The second-order valence-electron chi connectivity index (χ2n) is 6.71. The van der Waals surface area contributed by atoms with Crippen LogP contribution in [0, 0.1) is 0 Å². The zero-order chi connectivity index (χ0) is 19.1. The van der Waals surface area contributed by atoms with E-state index in [1.54, 1.807) is 6.07 Å². The summed E-state index contributed by atoms with van der Waals surface area (Å²) in [6.45, 7) is 0. The number of rotatable bonds is 3. The van der Waals surface area contributed by atoms with E-state index in [1.165, 1.54) is 5.56 Å². The monoisotopic (exact) mass is 386 g/mol. The smallest absolute Gasteiger partial charge is 0.347 e. The lowest BCUT2D eigenvalue weighted by Gasteiger charge is -2.07. The Kier molecular flexibility index (Phi) is 3.99. The molecule has 136 valence electrons. The molecule has 2 heterocycles. The average molecular weight is 387 g/mol. The Morgan fingerprint density at radius 2 is 1.71 bits per heavy atom. The van der Waals surface area contributed by atoms with E-state index >= 15 is 0 Å². The van der Waals surface area contributed by atoms with Crippen LogP contribution in [0.25, 0.3) is 33.4 Å². The molecule has 3 aromatic carbocycles. The van der Waals surface area contributed by atoms with Crippen molar-refractivity contribution in [1.29, 1.82) is 0 Å². The summed E-state index contributed by atoms with van der Waals surface area (Å²) in [4.78, 5) is 20.3. The third-order valence-corrected chi connectivity index (χ3v) is 5.02. The van der Waals surface area contributed by atoms with E-state index < -0.39 is 5.63 Å². The highest BCUT2D eigenvalue weighted by Gasteiger charge is 2.14. The molecule has 0 saturated carbocycles. The molecule has 4 nitrogen and oxygen atoms in total. The van der Waals surface area contributed by atoms with Crippen LogP contribution >= 0.6 is 11.6 Å². The number of hydrogen-bond donors (Lipinski definition) is 1. The minimum atomic E-state index is -0.468. The van der Waals surface area contributed by atoms with Gasteiger partial charge < -0.3 is 9.40 Å². The Morgan fingerprint density at radius 1 is 0.929 bits per heavy atom. The predicted molar refractivity (Wildman–Crippen MR) is 112 cm³/mol. The molecular weight excluding hydrogens is 372 g/mol. The number of imidazole rings is 1. The van der Waals surface area contributed by atoms with Crippen LogP contribution < -0.4 is 5.63 Å². The second kappa shape index (κ2) is 6.66. The van der Waals surface area contributed by atoms with Crippen LogP contribution in [-0.2, 0) is 6.42 Å². The Balaban J connectivity index is 1.64. The third-order valence-electron chi connectivity index (χ3n) is 4.74. The van der Waals surface area contributed by atoms with E-state index in [1.807, 2.05) is 54.6 Å². The first kappa shape index (κ1) is 16.8. The number of H-pyrrole nitrogens is 1. The molecule has 0 aliphatic heterocycles. The molecule has 0 saturated heterocycles. The summed E-state index contributed by atoms with van der Waals surface area (Å²) in [5, 5.41) is 1.20. The summed E-state index contributed by atoms with van der Waals surface area (Å²) in [6.07, 6.45) is 0.746. The number of aromatic nitrogens is 2. The van der Waals surface area contributed by atoms with Crippen molar-refractivity contribution in [3.8, 4) is 11.4 Å². The highest BCUT2D eigenvalue weighted by molar-refractivity contribution is 6.34. The van der Waals surface area contributed by atoms with Gasteiger partial charge in [-0.1, -0.05) is 54.1 Å². The van der Waals surface area contributed by atoms with Gasteiger partial charge in [-0.3, -0.25) is 0 Å². The van der Waals surface area contributed by atoms with Gasteiger partial charge in [0.15, 0.2) is 5.58 Å². The van der Waals surface area contributed by atoms with E-state index in [0.717, 1.165) is 28.4 Å². The van der Waals surface area contributed by atoms with E-state index in [0.29, 0.717) is 22.0 Å². The van der Waals surface area contributed by atoms with Gasteiger partial charge in [0.25, 0.3) is 0 Å². The van der Waals surface area contributed by atoms with E-state index in [9.17, 15) is 4.79 Å². The van der Waals surface area contributed by atoms with Crippen molar-refractivity contribution in [1.82, 2.24) is 9.97 Å². The first-order valence-corrected chi connectivity index (χ1v) is 9.30. The summed E-state index contributed by atoms with van der Waals surface area (Å²) < 4.78 is 5.53. The van der Waals surface area contributed by atoms with Crippen molar-refractivity contribution in [2.45, 2.75) is 6.42 Å². The molecule has 0 fully saturated rings. The maximum atomic E-state index is 12.6. The molecule has 5 aromatic rings. The van der Waals surface area contributed by atoms with Crippen molar-refractivity contribution >= 4 is 33.6 Å². The first-order valence-electron chi connectivity index (χ1n) is 8.93. The van der Waals surface area contributed by atoms with Gasteiger partial charge in [-0.25, -0.2) is 9.78 Å². The molecule has 0 aliphatic rings. The lowest BCUT2D eigenvalue weighted by molar-refractivity contribution is 0.563. The lowest BCUT2D eigenvalue weighted by atomic mass is 10.0. The van der Waals surface area contributed by atoms with Crippen LogP contribution in [0.15, 0.2) is 82.0 Å². The SMILES string of the molecule is O=c1oc2c(Cl)cc(Cc3ccccc3)cc2cc1-c1nc2ccccc2[nH]1. The van der Waals surface area contributed by atoms with Gasteiger partial charge in [0.1, 0.15) is 11.4 Å².